The van der Waals surface area contributed by atoms with E-state index in [-0.39, 0.29) is 0 Å². The van der Waals surface area contributed by atoms with Crippen LogP contribution < -0.4 is 11.3 Å². The number of carbonyl (C=O) groups is 1. The van der Waals surface area contributed by atoms with E-state index in [1.54, 1.807) is 0 Å². The highest BCUT2D eigenvalue weighted by molar-refractivity contribution is 7.85. The van der Waals surface area contributed by atoms with Gasteiger partial charge in [-0.1, -0.05) is 0 Å². The Morgan fingerprint density at radius 3 is 2.50 bits per heavy atom. The van der Waals surface area contributed by atoms with Crippen molar-refractivity contribution in [2.75, 3.05) is 5.94 Å². The number of hydrazine groups is 1. The van der Waals surface area contributed by atoms with Gasteiger partial charge < -0.3 is 4.74 Å². The minimum Gasteiger partial charge on any atom is -0.430 e. The van der Waals surface area contributed by atoms with Crippen LogP contribution in [0.15, 0.2) is 0 Å². The molecule has 60 valence electrons. The van der Waals surface area contributed by atoms with Crippen LogP contribution >= 0.6 is 0 Å². The Kier molecular flexibility index (Phi) is 3.06. The molecule has 7 nitrogen and oxygen atoms in total. The molecule has 0 rings (SSSR count). The summed E-state index contributed by atoms with van der Waals surface area (Å²) in [5.74, 6) is 3.40. The molecule has 0 spiro atoms. The van der Waals surface area contributed by atoms with Crippen molar-refractivity contribution >= 4 is 16.2 Å². The number of nitrogens with one attached hydrogen (secondary N) is 1. The summed E-state index contributed by atoms with van der Waals surface area (Å²) in [6.07, 6.45) is -1.13. The van der Waals surface area contributed by atoms with Crippen LogP contribution in [0.3, 0.4) is 0 Å². The Balaban J connectivity index is 3.67. The van der Waals surface area contributed by atoms with E-state index < -0.39 is 22.2 Å². The first-order valence-corrected chi connectivity index (χ1v) is 3.65. The lowest BCUT2D eigenvalue weighted by atomic mass is 11.2. The maximum absolute atomic E-state index is 10.0. The summed E-state index contributed by atoms with van der Waals surface area (Å²) in [6, 6.07) is 0. The first kappa shape index (κ1) is 9.14. The van der Waals surface area contributed by atoms with Gasteiger partial charge in [0.05, 0.1) is 0 Å². The fourth-order valence-corrected chi connectivity index (χ4v) is 0.426. The van der Waals surface area contributed by atoms with Crippen molar-refractivity contribution in [3.05, 3.63) is 0 Å². The number of rotatable bonds is 2. The molecule has 0 fully saturated rings. The van der Waals surface area contributed by atoms with Gasteiger partial charge in [-0.05, 0) is 0 Å². The highest BCUT2D eigenvalue weighted by atomic mass is 32.2. The van der Waals surface area contributed by atoms with E-state index in [1.165, 1.54) is 5.43 Å². The van der Waals surface area contributed by atoms with Gasteiger partial charge in [0, 0.05) is 0 Å². The van der Waals surface area contributed by atoms with Gasteiger partial charge in [0.25, 0.3) is 0 Å². The van der Waals surface area contributed by atoms with Crippen molar-refractivity contribution in [3.63, 3.8) is 0 Å². The lowest BCUT2D eigenvalue weighted by molar-refractivity contribution is 0.161. The van der Waals surface area contributed by atoms with Gasteiger partial charge >= 0.3 is 16.2 Å². The summed E-state index contributed by atoms with van der Waals surface area (Å²) < 4.78 is 31.6. The van der Waals surface area contributed by atoms with E-state index in [9.17, 15) is 13.2 Å². The molecular formula is C2H6N2O5S. The first-order valence-electron chi connectivity index (χ1n) is 2.04. The summed E-state index contributed by atoms with van der Waals surface area (Å²) in [6.45, 7) is 0. The van der Waals surface area contributed by atoms with Crippen molar-refractivity contribution in [1.82, 2.24) is 5.43 Å². The molecule has 0 saturated carbocycles. The Morgan fingerprint density at radius 1 is 1.70 bits per heavy atom. The largest absolute Gasteiger partial charge is 0.430 e. The van der Waals surface area contributed by atoms with Crippen molar-refractivity contribution in [1.29, 1.82) is 0 Å². The van der Waals surface area contributed by atoms with Crippen LogP contribution in [0.1, 0.15) is 0 Å². The normalized spacial score (nSPS) is 10.6. The molecule has 1 amide bonds. The molecule has 0 aliphatic carbocycles. The smallest absolute Gasteiger partial charge is 0.422 e. The average molecular weight is 170 g/mol. The molecule has 0 saturated heterocycles. The molecule has 0 aromatic rings. The van der Waals surface area contributed by atoms with Crippen LogP contribution in [-0.2, 0) is 14.9 Å². The highest BCUT2D eigenvalue weighted by Gasteiger charge is 2.07. The van der Waals surface area contributed by atoms with Gasteiger partial charge in [0.2, 0.25) is 5.94 Å². The van der Waals surface area contributed by atoms with Crippen LogP contribution in [0.4, 0.5) is 4.79 Å². The lowest BCUT2D eigenvalue weighted by Gasteiger charge is -1.98. The van der Waals surface area contributed by atoms with Gasteiger partial charge in [-0.2, -0.15) is 8.42 Å². The second kappa shape index (κ2) is 3.34. The molecule has 0 aromatic heterocycles. The topological polar surface area (TPSA) is 119 Å². The number of hydrogen-bond donors (Lipinski definition) is 3. The standard InChI is InChI=1S/C2H6N2O5S/c3-4-2(5)9-1-10(6,7)8/h1,3H2,(H,4,5)(H,6,7,8). The Morgan fingerprint density at radius 2 is 2.20 bits per heavy atom. The molecule has 0 unspecified atom stereocenters. The third-order valence-electron chi connectivity index (χ3n) is 0.457. The summed E-state index contributed by atoms with van der Waals surface area (Å²) in [7, 11) is -4.27. The zero-order valence-corrected chi connectivity index (χ0v) is 5.59. The Hall–Kier alpha value is -0.860. The van der Waals surface area contributed by atoms with Crippen molar-refractivity contribution in [2.45, 2.75) is 0 Å². The summed E-state index contributed by atoms with van der Waals surface area (Å²) in [5, 5.41) is 0. The summed E-state index contributed by atoms with van der Waals surface area (Å²) in [4.78, 5) is 10.0. The minimum atomic E-state index is -4.27. The second-order valence-electron chi connectivity index (χ2n) is 1.28. The third kappa shape index (κ3) is 5.28. The van der Waals surface area contributed by atoms with Crippen molar-refractivity contribution in [2.24, 2.45) is 5.84 Å². The van der Waals surface area contributed by atoms with Gasteiger partial charge in [-0.3, -0.25) is 9.98 Å². The molecule has 0 bridgehead atoms. The number of nitrogens with two attached hydrogens (primary N) is 1. The van der Waals surface area contributed by atoms with E-state index in [2.05, 4.69) is 10.6 Å². The van der Waals surface area contributed by atoms with Crippen molar-refractivity contribution < 1.29 is 22.5 Å². The molecule has 8 heteroatoms. The highest BCUT2D eigenvalue weighted by Crippen LogP contribution is 1.83. The first-order chi connectivity index (χ1) is 4.45. The number of carbonyl (C=O) groups excluding carboxylic acids is 1. The molecule has 0 atom stereocenters. The summed E-state index contributed by atoms with van der Waals surface area (Å²) in [5.41, 5.74) is 1.50. The number of ether oxygens (including phenoxy) is 1. The minimum absolute atomic E-state index is 1.10. The van der Waals surface area contributed by atoms with Crippen molar-refractivity contribution in [3.8, 4) is 0 Å². The van der Waals surface area contributed by atoms with E-state index in [1.807, 2.05) is 0 Å². The molecule has 0 aliphatic rings. The molecule has 0 radical (unpaired) electrons. The fourth-order valence-electron chi connectivity index (χ4n) is 0.170. The van der Waals surface area contributed by atoms with Crippen LogP contribution in [0.25, 0.3) is 0 Å². The molecule has 0 heterocycles. The lowest BCUT2D eigenvalue weighted by Crippen LogP contribution is -2.32. The van der Waals surface area contributed by atoms with E-state index in [0.717, 1.165) is 0 Å². The average Bonchev–Trinajstić information content (AvgIpc) is 1.81. The molecule has 0 aliphatic heterocycles. The molecule has 10 heavy (non-hydrogen) atoms. The molecular weight excluding hydrogens is 164 g/mol. The molecule has 4 N–H and O–H groups in total. The maximum atomic E-state index is 10.0. The van der Waals surface area contributed by atoms with Gasteiger partial charge in [-0.25, -0.2) is 10.6 Å². The van der Waals surface area contributed by atoms with Gasteiger partial charge in [-0.15, -0.1) is 0 Å². The SMILES string of the molecule is NNC(=O)OCS(=O)(=O)O. The Bertz CT molecular complexity index is 208. The van der Waals surface area contributed by atoms with Crippen LogP contribution in [0.5, 0.6) is 0 Å². The maximum Gasteiger partial charge on any atom is 0.422 e. The predicted octanol–water partition coefficient (Wildman–Crippen LogP) is -1.57. The van der Waals surface area contributed by atoms with E-state index in [0.29, 0.717) is 0 Å². The third-order valence-corrected chi connectivity index (χ3v) is 0.873. The quantitative estimate of drug-likeness (QED) is 0.199. The van der Waals surface area contributed by atoms with Crippen LogP contribution in [-0.4, -0.2) is 25.0 Å². The monoisotopic (exact) mass is 170 g/mol. The fraction of sp³-hybridized carbons (Fsp3) is 0.500. The Labute approximate surface area is 56.9 Å². The van der Waals surface area contributed by atoms with Gasteiger partial charge in [0.15, 0.2) is 0 Å². The number of amides is 1. The van der Waals surface area contributed by atoms with Gasteiger partial charge in [0.1, 0.15) is 0 Å². The zero-order valence-electron chi connectivity index (χ0n) is 4.77. The summed E-state index contributed by atoms with van der Waals surface area (Å²) >= 11 is 0. The second-order valence-corrected chi connectivity index (χ2v) is 2.68. The van der Waals surface area contributed by atoms with Crippen LogP contribution in [0.2, 0.25) is 0 Å². The predicted molar refractivity (Wildman–Crippen MR) is 30.2 cm³/mol. The zero-order chi connectivity index (χ0) is 8.20. The molecule has 0 aromatic carbocycles. The van der Waals surface area contributed by atoms with E-state index in [4.69, 9.17) is 4.55 Å². The van der Waals surface area contributed by atoms with E-state index >= 15 is 0 Å². The number of hydrogen-bond acceptors (Lipinski definition) is 5. The van der Waals surface area contributed by atoms with Crippen LogP contribution in [0, 0.1) is 0 Å².